The highest BCUT2D eigenvalue weighted by molar-refractivity contribution is 7.90. The summed E-state index contributed by atoms with van der Waals surface area (Å²) in [7, 11) is 0.489. The molecule has 0 N–H and O–H groups in total. The van der Waals surface area contributed by atoms with Crippen molar-refractivity contribution in [2.24, 2.45) is 0 Å². The predicted octanol–water partition coefficient (Wildman–Crippen LogP) is 3.53. The summed E-state index contributed by atoms with van der Waals surface area (Å²) < 4.78 is 24.8. The number of hydrogen-bond acceptors (Lipinski definition) is 6. The molecule has 0 bridgehead atoms. The van der Waals surface area contributed by atoms with E-state index in [0.717, 1.165) is 27.6 Å². The minimum Gasteiger partial charge on any atom is -0.308 e. The van der Waals surface area contributed by atoms with Crippen LogP contribution in [0.2, 0.25) is 0 Å². The molecular formula is C21H25N3O3S2. The van der Waals surface area contributed by atoms with Gasteiger partial charge in [0.2, 0.25) is 0 Å². The lowest BCUT2D eigenvalue weighted by Crippen LogP contribution is -2.36. The molecule has 1 amide bonds. The summed E-state index contributed by atoms with van der Waals surface area (Å²) in [5.41, 5.74) is 3.49. The number of benzene rings is 2. The molecule has 0 saturated carbocycles. The van der Waals surface area contributed by atoms with Gasteiger partial charge in [-0.1, -0.05) is 23.5 Å². The number of fused-ring (bicyclic) bond motifs is 1. The van der Waals surface area contributed by atoms with Gasteiger partial charge in [0.1, 0.15) is 0 Å². The molecule has 8 heteroatoms. The van der Waals surface area contributed by atoms with Crippen molar-refractivity contribution in [2.45, 2.75) is 18.7 Å². The third-order valence-corrected chi connectivity index (χ3v) is 6.98. The van der Waals surface area contributed by atoms with Crippen LogP contribution in [0.5, 0.6) is 0 Å². The lowest BCUT2D eigenvalue weighted by atomic mass is 10.1. The van der Waals surface area contributed by atoms with Gasteiger partial charge in [0.25, 0.3) is 5.91 Å². The Morgan fingerprint density at radius 3 is 2.48 bits per heavy atom. The normalized spacial score (nSPS) is 11.9. The van der Waals surface area contributed by atoms with Crippen LogP contribution in [0.1, 0.15) is 21.5 Å². The molecule has 2 aromatic carbocycles. The van der Waals surface area contributed by atoms with Gasteiger partial charge in [-0.25, -0.2) is 13.4 Å². The van der Waals surface area contributed by atoms with Crippen LogP contribution in [0.3, 0.4) is 0 Å². The predicted molar refractivity (Wildman–Crippen MR) is 119 cm³/mol. The fourth-order valence-corrected chi connectivity index (χ4v) is 4.65. The maximum atomic E-state index is 13.3. The van der Waals surface area contributed by atoms with Crippen LogP contribution >= 0.6 is 11.3 Å². The number of hydrogen-bond donors (Lipinski definition) is 0. The Bertz CT molecular complexity index is 1170. The van der Waals surface area contributed by atoms with E-state index in [4.69, 9.17) is 4.98 Å². The van der Waals surface area contributed by atoms with Crippen LogP contribution < -0.4 is 4.90 Å². The van der Waals surface area contributed by atoms with Crippen molar-refractivity contribution in [3.05, 3.63) is 53.1 Å². The van der Waals surface area contributed by atoms with Crippen molar-refractivity contribution in [3.63, 3.8) is 0 Å². The van der Waals surface area contributed by atoms with Crippen molar-refractivity contribution in [1.82, 2.24) is 9.88 Å². The van der Waals surface area contributed by atoms with E-state index in [2.05, 4.69) is 6.07 Å². The molecule has 0 radical (unpaired) electrons. The Balaban J connectivity index is 2.06. The number of aromatic nitrogens is 1. The second-order valence-corrected chi connectivity index (χ2v) is 10.4. The molecule has 0 aliphatic carbocycles. The fraction of sp³-hybridized carbons (Fsp3) is 0.333. The van der Waals surface area contributed by atoms with Crippen LogP contribution in [-0.4, -0.2) is 57.6 Å². The molecule has 0 atom stereocenters. The number of thiazole rings is 1. The largest absolute Gasteiger partial charge is 0.308 e. The molecule has 0 fully saturated rings. The summed E-state index contributed by atoms with van der Waals surface area (Å²) >= 11 is 1.47. The first kappa shape index (κ1) is 21.4. The number of carbonyl (C=O) groups excluding carboxylic acids is 1. The molecule has 6 nitrogen and oxygen atoms in total. The molecule has 1 heterocycles. The first-order valence-electron chi connectivity index (χ1n) is 9.21. The average molecular weight is 432 g/mol. The van der Waals surface area contributed by atoms with E-state index in [1.165, 1.54) is 23.5 Å². The highest BCUT2D eigenvalue weighted by Gasteiger charge is 2.23. The third-order valence-electron chi connectivity index (χ3n) is 4.83. The van der Waals surface area contributed by atoms with Crippen molar-refractivity contribution < 1.29 is 13.2 Å². The highest BCUT2D eigenvalue weighted by Crippen LogP contribution is 2.32. The van der Waals surface area contributed by atoms with Gasteiger partial charge in [0.15, 0.2) is 15.0 Å². The van der Waals surface area contributed by atoms with Gasteiger partial charge in [0, 0.05) is 24.9 Å². The summed E-state index contributed by atoms with van der Waals surface area (Å²) in [5, 5.41) is 0.616. The molecule has 3 aromatic rings. The molecule has 0 saturated heterocycles. The number of nitrogens with zero attached hydrogens (tertiary/aromatic N) is 3. The first-order valence-corrected chi connectivity index (χ1v) is 11.9. The third kappa shape index (κ3) is 4.66. The Kier molecular flexibility index (Phi) is 6.07. The van der Waals surface area contributed by atoms with Gasteiger partial charge >= 0.3 is 0 Å². The molecule has 0 aliphatic rings. The van der Waals surface area contributed by atoms with Crippen LogP contribution in [0.15, 0.2) is 41.3 Å². The van der Waals surface area contributed by atoms with Crippen molar-refractivity contribution >= 4 is 42.4 Å². The van der Waals surface area contributed by atoms with Crippen molar-refractivity contribution in [1.29, 1.82) is 0 Å². The molecule has 154 valence electrons. The van der Waals surface area contributed by atoms with Gasteiger partial charge < -0.3 is 4.90 Å². The number of anilines is 1. The first-order chi connectivity index (χ1) is 13.6. The number of likely N-dealkylation sites (N-methyl/N-ethyl adjacent to an activating group) is 1. The summed E-state index contributed by atoms with van der Waals surface area (Å²) in [6.07, 6.45) is 1.14. The summed E-state index contributed by atoms with van der Waals surface area (Å²) in [6.45, 7) is 5.18. The molecule has 29 heavy (non-hydrogen) atoms. The zero-order valence-electron chi connectivity index (χ0n) is 17.3. The van der Waals surface area contributed by atoms with E-state index in [1.807, 2.05) is 38.9 Å². The minimum atomic E-state index is -3.40. The van der Waals surface area contributed by atoms with Gasteiger partial charge in [-0.2, -0.15) is 0 Å². The molecule has 0 spiro atoms. The molecule has 0 aliphatic heterocycles. The summed E-state index contributed by atoms with van der Waals surface area (Å²) in [4.78, 5) is 21.9. The van der Waals surface area contributed by atoms with E-state index < -0.39 is 9.84 Å². The fourth-order valence-electron chi connectivity index (χ4n) is 2.93. The van der Waals surface area contributed by atoms with E-state index >= 15 is 0 Å². The van der Waals surface area contributed by atoms with E-state index in [9.17, 15) is 13.2 Å². The summed E-state index contributed by atoms with van der Waals surface area (Å²) in [6, 6.07) is 10.3. The Hall–Kier alpha value is -2.29. The maximum Gasteiger partial charge on any atom is 0.260 e. The van der Waals surface area contributed by atoms with Crippen LogP contribution in [0, 0.1) is 13.8 Å². The number of amides is 1. The number of aryl methyl sites for hydroxylation is 2. The van der Waals surface area contributed by atoms with Crippen LogP contribution in [0.4, 0.5) is 5.13 Å². The molecule has 0 unspecified atom stereocenters. The summed E-state index contributed by atoms with van der Waals surface area (Å²) in [5.74, 6) is -0.259. The van der Waals surface area contributed by atoms with E-state index in [1.54, 1.807) is 17.0 Å². The van der Waals surface area contributed by atoms with Crippen LogP contribution in [-0.2, 0) is 9.84 Å². The molecule has 3 rings (SSSR count). The van der Waals surface area contributed by atoms with E-state index in [0.29, 0.717) is 23.8 Å². The second kappa shape index (κ2) is 8.22. The standard InChI is InChI=1S/C21H25N3O3S2/c1-14-9-10-18-19(15(14)2)22-21(28-18)24(12-11-23(3)4)20(25)16-7-6-8-17(13-16)29(5,26)27/h6-10,13H,11-12H2,1-5H3. The molecular weight excluding hydrogens is 406 g/mol. The monoisotopic (exact) mass is 431 g/mol. The van der Waals surface area contributed by atoms with Crippen molar-refractivity contribution in [2.75, 3.05) is 38.3 Å². The van der Waals surface area contributed by atoms with Gasteiger partial charge in [-0.3, -0.25) is 9.69 Å². The number of rotatable bonds is 6. The van der Waals surface area contributed by atoms with Gasteiger partial charge in [-0.05, 0) is 63.3 Å². The Morgan fingerprint density at radius 1 is 1.10 bits per heavy atom. The molecule has 1 aromatic heterocycles. The van der Waals surface area contributed by atoms with Crippen LogP contribution in [0.25, 0.3) is 10.2 Å². The second-order valence-electron chi connectivity index (χ2n) is 7.41. The smallest absolute Gasteiger partial charge is 0.260 e. The average Bonchev–Trinajstić information content (AvgIpc) is 3.08. The number of carbonyl (C=O) groups is 1. The zero-order valence-corrected chi connectivity index (χ0v) is 18.9. The quantitative estimate of drug-likeness (QED) is 0.597. The van der Waals surface area contributed by atoms with Crippen molar-refractivity contribution in [3.8, 4) is 0 Å². The SMILES string of the molecule is Cc1ccc2sc(N(CCN(C)C)C(=O)c3cccc(S(C)(=O)=O)c3)nc2c1C. The zero-order chi connectivity index (χ0) is 21.3. The Morgan fingerprint density at radius 2 is 1.83 bits per heavy atom. The van der Waals surface area contributed by atoms with Gasteiger partial charge in [0.05, 0.1) is 15.1 Å². The highest BCUT2D eigenvalue weighted by atomic mass is 32.2. The lowest BCUT2D eigenvalue weighted by molar-refractivity contribution is 0.0985. The number of sulfone groups is 1. The topological polar surface area (TPSA) is 70.6 Å². The maximum absolute atomic E-state index is 13.3. The lowest BCUT2D eigenvalue weighted by Gasteiger charge is -2.22. The van der Waals surface area contributed by atoms with Gasteiger partial charge in [-0.15, -0.1) is 0 Å². The van der Waals surface area contributed by atoms with E-state index in [-0.39, 0.29) is 10.8 Å². The minimum absolute atomic E-state index is 0.131. The Labute approximate surface area is 175 Å².